The van der Waals surface area contributed by atoms with Crippen molar-refractivity contribution in [1.29, 1.82) is 0 Å². The van der Waals surface area contributed by atoms with Gasteiger partial charge in [-0.25, -0.2) is 21.5 Å². The van der Waals surface area contributed by atoms with E-state index in [9.17, 15) is 17.2 Å². The molecule has 0 bridgehead atoms. The van der Waals surface area contributed by atoms with Crippen molar-refractivity contribution in [3.63, 3.8) is 0 Å². The quantitative estimate of drug-likeness (QED) is 0.824. The van der Waals surface area contributed by atoms with Crippen LogP contribution in [-0.4, -0.2) is 27.4 Å². The molecule has 1 aliphatic rings. The van der Waals surface area contributed by atoms with Gasteiger partial charge in [-0.2, -0.15) is 0 Å². The van der Waals surface area contributed by atoms with Gasteiger partial charge in [0.25, 0.3) is 10.0 Å². The van der Waals surface area contributed by atoms with Crippen LogP contribution in [-0.2, 0) is 10.0 Å². The molecule has 5 nitrogen and oxygen atoms in total. The van der Waals surface area contributed by atoms with E-state index in [4.69, 9.17) is 4.74 Å². The summed E-state index contributed by atoms with van der Waals surface area (Å²) in [5, 5.41) is 2.93. The average molecular weight is 368 g/mol. The van der Waals surface area contributed by atoms with E-state index in [2.05, 4.69) is 5.32 Å². The Hall–Kier alpha value is -2.19. The molecule has 3 rings (SSSR count). The van der Waals surface area contributed by atoms with Gasteiger partial charge in [0, 0.05) is 12.5 Å². The van der Waals surface area contributed by atoms with Crippen LogP contribution in [0.3, 0.4) is 0 Å². The van der Waals surface area contributed by atoms with E-state index >= 15 is 0 Å². The van der Waals surface area contributed by atoms with Gasteiger partial charge in [0.2, 0.25) is 5.44 Å². The van der Waals surface area contributed by atoms with Crippen LogP contribution in [0.4, 0.5) is 20.2 Å². The number of rotatable bonds is 5. The topological polar surface area (TPSA) is 58.6 Å². The maximum atomic E-state index is 14.3. The van der Waals surface area contributed by atoms with Gasteiger partial charge in [-0.1, -0.05) is 12.1 Å². The Morgan fingerprint density at radius 2 is 1.92 bits per heavy atom. The van der Waals surface area contributed by atoms with Gasteiger partial charge < -0.3 is 10.1 Å². The number of hydrogen-bond acceptors (Lipinski definition) is 4. The van der Waals surface area contributed by atoms with Crippen LogP contribution in [0.25, 0.3) is 0 Å². The smallest absolute Gasteiger partial charge is 0.278 e. The third-order valence-corrected chi connectivity index (χ3v) is 5.82. The Kier molecular flexibility index (Phi) is 4.91. The summed E-state index contributed by atoms with van der Waals surface area (Å²) >= 11 is 0. The summed E-state index contributed by atoms with van der Waals surface area (Å²) in [6.07, 6.45) is 0.736. The van der Waals surface area contributed by atoms with Gasteiger partial charge in [0.15, 0.2) is 0 Å². The zero-order valence-electron chi connectivity index (χ0n) is 13.6. The molecular weight excluding hydrogens is 350 g/mol. The Balaban J connectivity index is 2.12. The first kappa shape index (κ1) is 17.6. The molecule has 1 aliphatic heterocycles. The van der Waals surface area contributed by atoms with Crippen LogP contribution in [0.15, 0.2) is 42.5 Å². The minimum Gasteiger partial charge on any atom is -0.470 e. The maximum absolute atomic E-state index is 14.3. The summed E-state index contributed by atoms with van der Waals surface area (Å²) in [7, 11) is -2.27. The fourth-order valence-corrected chi connectivity index (χ4v) is 4.52. The number of anilines is 2. The van der Waals surface area contributed by atoms with Gasteiger partial charge in [-0.3, -0.25) is 0 Å². The number of halogens is 2. The maximum Gasteiger partial charge on any atom is 0.278 e. The SMILES string of the molecule is CNCCCC1Oc2cc(F)ccc2N(c2ccccc2F)S1(=O)=O. The molecule has 8 heteroatoms. The fraction of sp³-hybridized carbons (Fsp3) is 0.294. The summed E-state index contributed by atoms with van der Waals surface area (Å²) in [6, 6.07) is 9.08. The lowest BCUT2D eigenvalue weighted by Gasteiger charge is -2.35. The van der Waals surface area contributed by atoms with Crippen LogP contribution in [0, 0.1) is 11.6 Å². The van der Waals surface area contributed by atoms with Crippen LogP contribution >= 0.6 is 0 Å². The Morgan fingerprint density at radius 3 is 2.64 bits per heavy atom. The van der Waals surface area contributed by atoms with Crippen molar-refractivity contribution < 1.29 is 21.9 Å². The highest BCUT2D eigenvalue weighted by atomic mass is 32.2. The molecule has 0 radical (unpaired) electrons. The van der Waals surface area contributed by atoms with Crippen molar-refractivity contribution >= 4 is 21.4 Å². The molecule has 2 aromatic rings. The van der Waals surface area contributed by atoms with Crippen LogP contribution in [0.5, 0.6) is 5.75 Å². The first-order valence-corrected chi connectivity index (χ1v) is 9.35. The van der Waals surface area contributed by atoms with Crippen molar-refractivity contribution in [3.8, 4) is 5.75 Å². The largest absolute Gasteiger partial charge is 0.470 e. The van der Waals surface area contributed by atoms with Crippen LogP contribution in [0.2, 0.25) is 0 Å². The lowest BCUT2D eigenvalue weighted by Crippen LogP contribution is -2.43. The van der Waals surface area contributed by atoms with Crippen LogP contribution in [0.1, 0.15) is 12.8 Å². The third kappa shape index (κ3) is 3.32. The second-order valence-electron chi connectivity index (χ2n) is 5.67. The van der Waals surface area contributed by atoms with Gasteiger partial charge >= 0.3 is 0 Å². The molecule has 0 amide bonds. The Bertz CT molecular complexity index is 874. The zero-order chi connectivity index (χ0) is 18.0. The Labute approximate surface area is 145 Å². The van der Waals surface area contributed by atoms with Crippen molar-refractivity contribution in [2.75, 3.05) is 17.9 Å². The summed E-state index contributed by atoms with van der Waals surface area (Å²) in [5.41, 5.74) is -1.23. The van der Waals surface area contributed by atoms with Crippen molar-refractivity contribution in [1.82, 2.24) is 5.32 Å². The van der Waals surface area contributed by atoms with Crippen molar-refractivity contribution in [2.24, 2.45) is 0 Å². The van der Waals surface area contributed by atoms with E-state index in [0.29, 0.717) is 13.0 Å². The average Bonchev–Trinajstić information content (AvgIpc) is 2.57. The molecule has 0 saturated carbocycles. The van der Waals surface area contributed by atoms with E-state index in [0.717, 1.165) is 16.4 Å². The molecule has 2 aromatic carbocycles. The summed E-state index contributed by atoms with van der Waals surface area (Å²) in [5.74, 6) is -1.16. The number of sulfonamides is 1. The van der Waals surface area contributed by atoms with Crippen molar-refractivity contribution in [2.45, 2.75) is 18.3 Å². The van der Waals surface area contributed by atoms with E-state index in [1.54, 1.807) is 13.1 Å². The second kappa shape index (κ2) is 6.97. The first-order chi connectivity index (χ1) is 11.9. The van der Waals surface area contributed by atoms with Crippen molar-refractivity contribution in [3.05, 3.63) is 54.1 Å². The van der Waals surface area contributed by atoms with E-state index in [-0.39, 0.29) is 23.5 Å². The van der Waals surface area contributed by atoms with Gasteiger partial charge in [0.05, 0.1) is 11.4 Å². The minimum absolute atomic E-state index is 0.0764. The van der Waals surface area contributed by atoms with Crippen LogP contribution < -0.4 is 14.4 Å². The molecular formula is C17H18F2N2O3S. The van der Waals surface area contributed by atoms with E-state index in [1.807, 2.05) is 0 Å². The predicted octanol–water partition coefficient (Wildman–Crippen LogP) is 3.15. The zero-order valence-corrected chi connectivity index (χ0v) is 14.4. The lowest BCUT2D eigenvalue weighted by molar-refractivity contribution is 0.253. The van der Waals surface area contributed by atoms with E-state index in [1.165, 1.54) is 24.3 Å². The monoisotopic (exact) mass is 368 g/mol. The molecule has 1 atom stereocenters. The highest BCUT2D eigenvalue weighted by molar-refractivity contribution is 7.93. The molecule has 0 spiro atoms. The summed E-state index contributed by atoms with van der Waals surface area (Å²) in [6.45, 7) is 0.602. The minimum atomic E-state index is -4.03. The van der Waals surface area contributed by atoms with Gasteiger partial charge in [-0.15, -0.1) is 0 Å². The summed E-state index contributed by atoms with van der Waals surface area (Å²) < 4.78 is 60.4. The summed E-state index contributed by atoms with van der Waals surface area (Å²) in [4.78, 5) is 0. The molecule has 1 N–H and O–H groups in total. The van der Waals surface area contributed by atoms with Gasteiger partial charge in [-0.05, 0) is 44.3 Å². The predicted molar refractivity (Wildman–Crippen MR) is 91.4 cm³/mol. The normalized spacial score (nSPS) is 18.5. The number of nitrogens with one attached hydrogen (secondary N) is 1. The highest BCUT2D eigenvalue weighted by Gasteiger charge is 2.41. The third-order valence-electron chi connectivity index (χ3n) is 3.92. The molecule has 0 saturated heterocycles. The van der Waals surface area contributed by atoms with Gasteiger partial charge in [0.1, 0.15) is 17.4 Å². The number of para-hydroxylation sites is 1. The number of hydrogen-bond donors (Lipinski definition) is 1. The molecule has 25 heavy (non-hydrogen) atoms. The second-order valence-corrected chi connectivity index (χ2v) is 7.59. The lowest BCUT2D eigenvalue weighted by atomic mass is 10.2. The molecule has 0 aromatic heterocycles. The number of benzene rings is 2. The van der Waals surface area contributed by atoms with E-state index < -0.39 is 27.1 Å². The number of ether oxygens (including phenoxy) is 1. The standard InChI is InChI=1S/C17H18F2N2O3S/c1-20-10-4-7-17-24-16-11-12(18)8-9-15(16)21(25(17,22)23)14-6-3-2-5-13(14)19/h2-3,5-6,8-9,11,17,20H,4,7,10H2,1H3. The number of nitrogens with zero attached hydrogens (tertiary/aromatic N) is 1. The molecule has 1 unspecified atom stereocenters. The number of fused-ring (bicyclic) bond motifs is 1. The Morgan fingerprint density at radius 1 is 1.16 bits per heavy atom. The highest BCUT2D eigenvalue weighted by Crippen LogP contribution is 2.44. The fourth-order valence-electron chi connectivity index (χ4n) is 2.74. The molecule has 0 fully saturated rings. The first-order valence-electron chi connectivity index (χ1n) is 7.84. The molecule has 0 aliphatic carbocycles. The molecule has 134 valence electrons. The molecule has 1 heterocycles.